The summed E-state index contributed by atoms with van der Waals surface area (Å²) in [6.45, 7) is 11.4. The van der Waals surface area contributed by atoms with Gasteiger partial charge in [-0.15, -0.1) is 6.58 Å². The average molecular weight is 226 g/mol. The monoisotopic (exact) mass is 226 g/mol. The van der Waals surface area contributed by atoms with E-state index in [1.165, 1.54) is 0 Å². The number of allylic oxidation sites excluding steroid dienone is 1. The lowest BCUT2D eigenvalue weighted by Crippen LogP contribution is -2.52. The first kappa shape index (κ1) is 13.2. The number of carbonyl (C=O) groups is 1. The summed E-state index contributed by atoms with van der Waals surface area (Å²) in [6, 6.07) is 0. The maximum absolute atomic E-state index is 11.9. The third kappa shape index (κ3) is 2.29. The summed E-state index contributed by atoms with van der Waals surface area (Å²) in [5, 5.41) is 10.1. The third-order valence-electron chi connectivity index (χ3n) is 3.42. The summed E-state index contributed by atoms with van der Waals surface area (Å²) in [5.41, 5.74) is -0.963. The molecule has 0 aromatic carbocycles. The smallest absolute Gasteiger partial charge is 0.315 e. The molecule has 0 saturated carbocycles. The molecule has 0 aliphatic carbocycles. The van der Waals surface area contributed by atoms with Crippen molar-refractivity contribution in [1.29, 1.82) is 0 Å². The van der Waals surface area contributed by atoms with E-state index < -0.39 is 11.5 Å². The normalized spacial score (nSPS) is 35.7. The SMILES string of the molecule is C=CC[C@]1(C)C(=O)O[C@H](C(C)(C)C)C[C@H]1O. The van der Waals surface area contributed by atoms with Crippen molar-refractivity contribution in [2.45, 2.75) is 52.7 Å². The van der Waals surface area contributed by atoms with Crippen LogP contribution < -0.4 is 0 Å². The Hall–Kier alpha value is -0.830. The van der Waals surface area contributed by atoms with Crippen molar-refractivity contribution in [2.24, 2.45) is 10.8 Å². The molecule has 0 unspecified atom stereocenters. The van der Waals surface area contributed by atoms with Gasteiger partial charge in [0.1, 0.15) is 6.10 Å². The Morgan fingerprint density at radius 1 is 1.62 bits per heavy atom. The number of esters is 1. The van der Waals surface area contributed by atoms with Crippen molar-refractivity contribution in [2.75, 3.05) is 0 Å². The Bertz CT molecular complexity index is 290. The van der Waals surface area contributed by atoms with Crippen molar-refractivity contribution in [3.63, 3.8) is 0 Å². The summed E-state index contributed by atoms with van der Waals surface area (Å²) in [7, 11) is 0. The Morgan fingerprint density at radius 2 is 2.19 bits per heavy atom. The molecule has 3 heteroatoms. The van der Waals surface area contributed by atoms with Gasteiger partial charge in [0.15, 0.2) is 0 Å². The van der Waals surface area contributed by atoms with E-state index in [0.717, 1.165) is 0 Å². The number of hydrogen-bond donors (Lipinski definition) is 1. The van der Waals surface area contributed by atoms with Crippen LogP contribution in [0, 0.1) is 10.8 Å². The number of carbonyl (C=O) groups excluding carboxylic acids is 1. The fourth-order valence-electron chi connectivity index (χ4n) is 1.96. The first-order valence-electron chi connectivity index (χ1n) is 5.72. The molecule has 1 heterocycles. The van der Waals surface area contributed by atoms with E-state index in [4.69, 9.17) is 4.74 Å². The van der Waals surface area contributed by atoms with Gasteiger partial charge >= 0.3 is 5.97 Å². The summed E-state index contributed by atoms with van der Waals surface area (Å²) < 4.78 is 5.44. The van der Waals surface area contributed by atoms with Gasteiger partial charge in [0.2, 0.25) is 0 Å². The van der Waals surface area contributed by atoms with Gasteiger partial charge in [0.25, 0.3) is 0 Å². The highest BCUT2D eigenvalue weighted by molar-refractivity contribution is 5.78. The summed E-state index contributed by atoms with van der Waals surface area (Å²) in [5.74, 6) is -0.314. The van der Waals surface area contributed by atoms with Crippen LogP contribution in [0.4, 0.5) is 0 Å². The van der Waals surface area contributed by atoms with Crippen molar-refractivity contribution >= 4 is 5.97 Å². The molecular formula is C13H22O3. The van der Waals surface area contributed by atoms with Crippen LogP contribution in [-0.2, 0) is 9.53 Å². The Balaban J connectivity index is 2.87. The van der Waals surface area contributed by atoms with Crippen LogP contribution in [0.15, 0.2) is 12.7 Å². The van der Waals surface area contributed by atoms with E-state index in [1.807, 2.05) is 20.8 Å². The first-order valence-corrected chi connectivity index (χ1v) is 5.72. The molecule has 0 radical (unpaired) electrons. The largest absolute Gasteiger partial charge is 0.461 e. The number of aliphatic hydroxyl groups is 1. The number of rotatable bonds is 2. The molecule has 1 fully saturated rings. The second-order valence-electron chi connectivity index (χ2n) is 5.92. The highest BCUT2D eigenvalue weighted by Crippen LogP contribution is 2.40. The van der Waals surface area contributed by atoms with E-state index >= 15 is 0 Å². The number of hydrogen-bond acceptors (Lipinski definition) is 3. The van der Waals surface area contributed by atoms with Gasteiger partial charge < -0.3 is 9.84 Å². The Morgan fingerprint density at radius 3 is 2.56 bits per heavy atom. The Kier molecular flexibility index (Phi) is 3.48. The van der Waals surface area contributed by atoms with E-state index in [0.29, 0.717) is 12.8 Å². The average Bonchev–Trinajstić information content (AvgIpc) is 2.13. The highest BCUT2D eigenvalue weighted by Gasteiger charge is 2.49. The van der Waals surface area contributed by atoms with E-state index in [-0.39, 0.29) is 17.5 Å². The fraction of sp³-hybridized carbons (Fsp3) is 0.769. The van der Waals surface area contributed by atoms with Crippen LogP contribution in [0.2, 0.25) is 0 Å². The molecule has 92 valence electrons. The van der Waals surface area contributed by atoms with Gasteiger partial charge in [0, 0.05) is 6.42 Å². The highest BCUT2D eigenvalue weighted by atomic mass is 16.6. The molecule has 3 atom stereocenters. The molecule has 0 spiro atoms. The molecule has 0 aromatic heterocycles. The standard InChI is InChI=1S/C13H22O3/c1-6-7-13(5)9(14)8-10(12(2,3)4)16-11(13)15/h6,9-10,14H,1,7-8H2,2-5H3/t9-,10+,13+/m1/s1. The maximum Gasteiger partial charge on any atom is 0.315 e. The minimum Gasteiger partial charge on any atom is -0.461 e. The van der Waals surface area contributed by atoms with Gasteiger partial charge in [0.05, 0.1) is 11.5 Å². The zero-order valence-electron chi connectivity index (χ0n) is 10.6. The van der Waals surface area contributed by atoms with Gasteiger partial charge in [-0.05, 0) is 18.8 Å². The molecule has 1 N–H and O–H groups in total. The zero-order chi connectivity index (χ0) is 12.6. The molecule has 0 bridgehead atoms. The third-order valence-corrected chi connectivity index (χ3v) is 3.42. The maximum atomic E-state index is 11.9. The van der Waals surface area contributed by atoms with Crippen molar-refractivity contribution in [1.82, 2.24) is 0 Å². The Labute approximate surface area is 97.5 Å². The van der Waals surface area contributed by atoms with Crippen LogP contribution in [-0.4, -0.2) is 23.3 Å². The molecule has 1 rings (SSSR count). The lowest BCUT2D eigenvalue weighted by atomic mass is 9.73. The fourth-order valence-corrected chi connectivity index (χ4v) is 1.96. The number of cyclic esters (lactones) is 1. The lowest BCUT2D eigenvalue weighted by molar-refractivity contribution is -0.191. The van der Waals surface area contributed by atoms with Crippen molar-refractivity contribution < 1.29 is 14.6 Å². The van der Waals surface area contributed by atoms with Crippen LogP contribution in [0.5, 0.6) is 0 Å². The van der Waals surface area contributed by atoms with Crippen molar-refractivity contribution in [3.05, 3.63) is 12.7 Å². The summed E-state index contributed by atoms with van der Waals surface area (Å²) in [6.07, 6.45) is 1.73. The molecule has 0 amide bonds. The van der Waals surface area contributed by atoms with Crippen LogP contribution in [0.3, 0.4) is 0 Å². The molecule has 0 aromatic rings. The topological polar surface area (TPSA) is 46.5 Å². The predicted octanol–water partition coefficient (Wildman–Crippen LogP) is 2.29. The number of aliphatic hydroxyl groups excluding tert-OH is 1. The second-order valence-corrected chi connectivity index (χ2v) is 5.92. The minimum atomic E-state index is -0.830. The van der Waals surface area contributed by atoms with Crippen molar-refractivity contribution in [3.8, 4) is 0 Å². The quantitative estimate of drug-likeness (QED) is 0.580. The summed E-state index contributed by atoms with van der Waals surface area (Å²) >= 11 is 0. The molecule has 1 saturated heterocycles. The molecule has 16 heavy (non-hydrogen) atoms. The second kappa shape index (κ2) is 4.21. The molecule has 1 aliphatic heterocycles. The van der Waals surface area contributed by atoms with E-state index in [9.17, 15) is 9.90 Å². The van der Waals surface area contributed by atoms with Crippen LogP contribution in [0.1, 0.15) is 40.5 Å². The van der Waals surface area contributed by atoms with Gasteiger partial charge in [-0.1, -0.05) is 26.8 Å². The van der Waals surface area contributed by atoms with Crippen LogP contribution in [0.25, 0.3) is 0 Å². The van der Waals surface area contributed by atoms with Gasteiger partial charge in [-0.3, -0.25) is 4.79 Å². The van der Waals surface area contributed by atoms with E-state index in [1.54, 1.807) is 13.0 Å². The molecular weight excluding hydrogens is 204 g/mol. The molecule has 3 nitrogen and oxygen atoms in total. The zero-order valence-corrected chi connectivity index (χ0v) is 10.6. The first-order chi connectivity index (χ1) is 7.21. The lowest BCUT2D eigenvalue weighted by Gasteiger charge is -2.43. The minimum absolute atomic E-state index is 0.133. The van der Waals surface area contributed by atoms with Crippen LogP contribution >= 0.6 is 0 Å². The molecule has 1 aliphatic rings. The summed E-state index contributed by atoms with van der Waals surface area (Å²) in [4.78, 5) is 11.9. The van der Waals surface area contributed by atoms with E-state index in [2.05, 4.69) is 6.58 Å². The predicted molar refractivity (Wildman–Crippen MR) is 62.9 cm³/mol. The van der Waals surface area contributed by atoms with Gasteiger partial charge in [-0.2, -0.15) is 0 Å². The van der Waals surface area contributed by atoms with Gasteiger partial charge in [-0.25, -0.2) is 0 Å². The number of ether oxygens (including phenoxy) is 1.